The van der Waals surface area contributed by atoms with Crippen LogP contribution in [0.5, 0.6) is 5.75 Å². The minimum absolute atomic E-state index is 0.102. The van der Waals surface area contributed by atoms with Crippen molar-refractivity contribution in [1.82, 2.24) is 19.8 Å². The molecule has 0 unspecified atom stereocenters. The van der Waals surface area contributed by atoms with Crippen LogP contribution in [0.4, 0.5) is 0 Å². The van der Waals surface area contributed by atoms with Gasteiger partial charge in [-0.25, -0.2) is 4.98 Å². The third kappa shape index (κ3) is 8.08. The molecule has 4 aromatic carbocycles. The Morgan fingerprint density at radius 2 is 1.74 bits per heavy atom. The van der Waals surface area contributed by atoms with E-state index in [4.69, 9.17) is 27.9 Å². The van der Waals surface area contributed by atoms with E-state index in [1.165, 1.54) is 0 Å². The van der Waals surface area contributed by atoms with Crippen LogP contribution >= 0.6 is 23.2 Å². The highest BCUT2D eigenvalue weighted by Gasteiger charge is 2.26. The summed E-state index contributed by atoms with van der Waals surface area (Å²) in [6, 6.07) is 26.7. The maximum atomic E-state index is 14.1. The molecule has 0 aliphatic heterocycles. The highest BCUT2D eigenvalue weighted by molar-refractivity contribution is 6.42. The molecule has 0 saturated carbocycles. The standard InChI is InChI=1S/C37H38Cl2N4O3/c1-4-25(2)35(41-36(44)19-30-20-40-24-43(30)21-26-12-15-31(46-3)16-13-26)23-42(37(45)28-14-17-33(38)34(39)18-28)22-29-10-7-9-27-8-5-6-11-32(27)29/h5-18,20,24-25,35H,4,19,21-23H2,1-3H3,(H,41,44)/t25-,35+/m0/s1. The van der Waals surface area contributed by atoms with Gasteiger partial charge in [0.15, 0.2) is 0 Å². The first kappa shape index (κ1) is 33.0. The van der Waals surface area contributed by atoms with E-state index in [1.54, 1.807) is 42.7 Å². The van der Waals surface area contributed by atoms with Gasteiger partial charge >= 0.3 is 0 Å². The Morgan fingerprint density at radius 1 is 0.978 bits per heavy atom. The van der Waals surface area contributed by atoms with Gasteiger partial charge in [-0.3, -0.25) is 9.59 Å². The van der Waals surface area contributed by atoms with Crippen molar-refractivity contribution >= 4 is 45.8 Å². The number of nitrogens with zero attached hydrogens (tertiary/aromatic N) is 3. The minimum Gasteiger partial charge on any atom is -0.497 e. The van der Waals surface area contributed by atoms with Crippen molar-refractivity contribution in [2.75, 3.05) is 13.7 Å². The van der Waals surface area contributed by atoms with E-state index in [9.17, 15) is 9.59 Å². The molecule has 0 radical (unpaired) electrons. The van der Waals surface area contributed by atoms with Gasteiger partial charge in [0.05, 0.1) is 29.9 Å². The third-order valence-corrected chi connectivity index (χ3v) is 9.18. The predicted molar refractivity (Wildman–Crippen MR) is 185 cm³/mol. The summed E-state index contributed by atoms with van der Waals surface area (Å²) in [7, 11) is 1.64. The highest BCUT2D eigenvalue weighted by Crippen LogP contribution is 2.26. The van der Waals surface area contributed by atoms with Crippen LogP contribution in [0, 0.1) is 5.92 Å². The quantitative estimate of drug-likeness (QED) is 0.140. The number of amides is 2. The van der Waals surface area contributed by atoms with Crippen LogP contribution in [0.25, 0.3) is 10.8 Å². The van der Waals surface area contributed by atoms with Gasteiger partial charge in [-0.2, -0.15) is 0 Å². The fraction of sp³-hybridized carbons (Fsp3) is 0.270. The lowest BCUT2D eigenvalue weighted by molar-refractivity contribution is -0.121. The molecule has 0 bridgehead atoms. The average Bonchev–Trinajstić information content (AvgIpc) is 3.50. The van der Waals surface area contributed by atoms with Gasteiger partial charge in [0, 0.05) is 43.1 Å². The molecule has 1 N–H and O–H groups in total. The van der Waals surface area contributed by atoms with E-state index in [2.05, 4.69) is 42.3 Å². The zero-order valence-corrected chi connectivity index (χ0v) is 27.8. The van der Waals surface area contributed by atoms with Gasteiger partial charge in [0.2, 0.25) is 5.91 Å². The Hall–Kier alpha value is -4.33. The lowest BCUT2D eigenvalue weighted by Crippen LogP contribution is -2.49. The smallest absolute Gasteiger partial charge is 0.254 e. The van der Waals surface area contributed by atoms with Crippen molar-refractivity contribution in [1.29, 1.82) is 0 Å². The lowest BCUT2D eigenvalue weighted by Gasteiger charge is -2.32. The number of carbonyl (C=O) groups is 2. The number of rotatable bonds is 13. The molecular weight excluding hydrogens is 619 g/mol. The van der Waals surface area contributed by atoms with Crippen LogP contribution in [0.1, 0.15) is 47.4 Å². The first-order valence-electron chi connectivity index (χ1n) is 15.4. The lowest BCUT2D eigenvalue weighted by atomic mass is 9.97. The molecule has 0 fully saturated rings. The number of nitrogens with one attached hydrogen (secondary N) is 1. The molecule has 46 heavy (non-hydrogen) atoms. The molecule has 238 valence electrons. The summed E-state index contributed by atoms with van der Waals surface area (Å²) in [6.45, 7) is 5.44. The van der Waals surface area contributed by atoms with Gasteiger partial charge < -0.3 is 19.5 Å². The van der Waals surface area contributed by atoms with Gasteiger partial charge in [0.25, 0.3) is 5.91 Å². The molecule has 7 nitrogen and oxygen atoms in total. The summed E-state index contributed by atoms with van der Waals surface area (Å²) in [5.74, 6) is 0.572. The van der Waals surface area contributed by atoms with Gasteiger partial charge in [-0.15, -0.1) is 0 Å². The van der Waals surface area contributed by atoms with Crippen LogP contribution < -0.4 is 10.1 Å². The van der Waals surface area contributed by atoms with E-state index < -0.39 is 0 Å². The summed E-state index contributed by atoms with van der Waals surface area (Å²) in [5, 5.41) is 6.13. The van der Waals surface area contributed by atoms with Crippen molar-refractivity contribution < 1.29 is 14.3 Å². The summed E-state index contributed by atoms with van der Waals surface area (Å²) in [6.07, 6.45) is 4.44. The van der Waals surface area contributed by atoms with Crippen LogP contribution in [-0.2, 0) is 24.3 Å². The largest absolute Gasteiger partial charge is 0.497 e. The third-order valence-electron chi connectivity index (χ3n) is 8.44. The number of hydrogen-bond acceptors (Lipinski definition) is 4. The Kier molecular flexibility index (Phi) is 11.0. The molecule has 0 aliphatic rings. The summed E-state index contributed by atoms with van der Waals surface area (Å²) in [4.78, 5) is 33.8. The number of methoxy groups -OCH3 is 1. The number of imidazole rings is 1. The fourth-order valence-corrected chi connectivity index (χ4v) is 5.84. The number of carbonyl (C=O) groups excluding carboxylic acids is 2. The first-order valence-corrected chi connectivity index (χ1v) is 16.1. The molecular formula is C37H38Cl2N4O3. The second-order valence-electron chi connectivity index (χ2n) is 11.6. The molecule has 0 saturated heterocycles. The van der Waals surface area contributed by atoms with Gasteiger partial charge in [-0.1, -0.05) is 98.1 Å². The number of hydrogen-bond donors (Lipinski definition) is 1. The topological polar surface area (TPSA) is 76.5 Å². The minimum atomic E-state index is -0.294. The van der Waals surface area contributed by atoms with E-state index in [-0.39, 0.29) is 30.2 Å². The van der Waals surface area contributed by atoms with Crippen molar-refractivity contribution in [3.63, 3.8) is 0 Å². The first-order chi connectivity index (χ1) is 22.2. The van der Waals surface area contributed by atoms with Crippen molar-refractivity contribution in [2.45, 2.75) is 45.8 Å². The van der Waals surface area contributed by atoms with E-state index in [1.807, 2.05) is 53.1 Å². The second-order valence-corrected chi connectivity index (χ2v) is 12.4. The Morgan fingerprint density at radius 3 is 2.48 bits per heavy atom. The van der Waals surface area contributed by atoms with Gasteiger partial charge in [0.1, 0.15) is 5.75 Å². The van der Waals surface area contributed by atoms with Crippen LogP contribution in [0.15, 0.2) is 97.5 Å². The monoisotopic (exact) mass is 656 g/mol. The summed E-state index contributed by atoms with van der Waals surface area (Å²) < 4.78 is 7.24. The van der Waals surface area contributed by atoms with Crippen LogP contribution in [-0.4, -0.2) is 46.0 Å². The molecule has 1 aromatic heterocycles. The molecule has 1 heterocycles. The molecule has 9 heteroatoms. The molecule has 2 atom stereocenters. The maximum Gasteiger partial charge on any atom is 0.254 e. The summed E-state index contributed by atoms with van der Waals surface area (Å²) in [5.41, 5.74) is 3.33. The average molecular weight is 658 g/mol. The molecule has 2 amide bonds. The number of benzene rings is 4. The second kappa shape index (κ2) is 15.3. The van der Waals surface area contributed by atoms with Crippen molar-refractivity contribution in [2.24, 2.45) is 5.92 Å². The summed E-state index contributed by atoms with van der Waals surface area (Å²) >= 11 is 12.5. The molecule has 5 rings (SSSR count). The zero-order valence-electron chi connectivity index (χ0n) is 26.3. The normalized spacial score (nSPS) is 12.5. The number of aromatic nitrogens is 2. The number of fused-ring (bicyclic) bond motifs is 1. The van der Waals surface area contributed by atoms with Crippen molar-refractivity contribution in [3.05, 3.63) is 130 Å². The van der Waals surface area contributed by atoms with Crippen LogP contribution in [0.3, 0.4) is 0 Å². The van der Waals surface area contributed by atoms with E-state index in [0.29, 0.717) is 35.2 Å². The van der Waals surface area contributed by atoms with Crippen LogP contribution in [0.2, 0.25) is 10.0 Å². The maximum absolute atomic E-state index is 14.1. The van der Waals surface area contributed by atoms with E-state index in [0.717, 1.165) is 39.8 Å². The number of ether oxygens (including phenoxy) is 1. The highest BCUT2D eigenvalue weighted by atomic mass is 35.5. The Balaban J connectivity index is 1.37. The Labute approximate surface area is 280 Å². The van der Waals surface area contributed by atoms with Gasteiger partial charge in [-0.05, 0) is 58.1 Å². The molecule has 0 aliphatic carbocycles. The predicted octanol–water partition coefficient (Wildman–Crippen LogP) is 7.82. The fourth-order valence-electron chi connectivity index (χ4n) is 5.54. The molecule has 5 aromatic rings. The SMILES string of the molecule is CC[C@H](C)[C@@H](CN(Cc1cccc2ccccc12)C(=O)c1ccc(Cl)c(Cl)c1)NC(=O)Cc1cncn1Cc1ccc(OC)cc1. The van der Waals surface area contributed by atoms with E-state index >= 15 is 0 Å². The zero-order chi connectivity index (χ0) is 32.6. The Bertz CT molecular complexity index is 1800. The number of halogens is 2. The molecule has 0 spiro atoms. The van der Waals surface area contributed by atoms with Crippen molar-refractivity contribution in [3.8, 4) is 5.75 Å².